The molecule has 26 heavy (non-hydrogen) atoms. The lowest BCUT2D eigenvalue weighted by Crippen LogP contribution is -2.45. The molecule has 3 aromatic rings. The second kappa shape index (κ2) is 6.49. The number of amides is 2. The van der Waals surface area contributed by atoms with Crippen LogP contribution in [0, 0.1) is 0 Å². The van der Waals surface area contributed by atoms with Gasteiger partial charge < -0.3 is 9.88 Å². The topological polar surface area (TPSA) is 67.2 Å². The minimum absolute atomic E-state index is 0.0310. The van der Waals surface area contributed by atoms with Gasteiger partial charge in [-0.1, -0.05) is 36.0 Å². The van der Waals surface area contributed by atoms with Crippen LogP contribution in [0.2, 0.25) is 0 Å². The number of aryl methyl sites for hydroxylation is 1. The number of anilines is 2. The van der Waals surface area contributed by atoms with Crippen LogP contribution in [0.1, 0.15) is 6.92 Å². The number of fused-ring (bicyclic) bond motifs is 2. The monoisotopic (exact) mass is 366 g/mol. The molecular weight excluding hydrogens is 348 g/mol. The van der Waals surface area contributed by atoms with E-state index in [2.05, 4.69) is 10.3 Å². The molecule has 1 aromatic heterocycles. The van der Waals surface area contributed by atoms with Gasteiger partial charge in [-0.25, -0.2) is 4.98 Å². The van der Waals surface area contributed by atoms with E-state index in [4.69, 9.17) is 0 Å². The molecule has 1 aliphatic heterocycles. The molecule has 0 aliphatic carbocycles. The molecule has 0 bridgehead atoms. The van der Waals surface area contributed by atoms with Crippen LogP contribution in [-0.4, -0.2) is 33.2 Å². The van der Waals surface area contributed by atoms with E-state index in [1.165, 1.54) is 11.8 Å². The quantitative estimate of drug-likeness (QED) is 0.724. The minimum Gasteiger partial charge on any atom is -0.323 e. The summed E-state index contributed by atoms with van der Waals surface area (Å²) in [7, 11) is 1.94. The number of benzene rings is 2. The number of carbonyl (C=O) groups is 2. The number of aromatic nitrogens is 2. The van der Waals surface area contributed by atoms with Gasteiger partial charge >= 0.3 is 0 Å². The standard InChI is InChI=1S/C19H18N4O2S/c1-12(26-19-21-13-7-3-5-9-15(13)22(19)2)18(25)23-11-17(24)20-14-8-4-6-10-16(14)23/h3-10,12H,11H2,1-2H3,(H,20,24)/t12-/m0/s1. The van der Waals surface area contributed by atoms with Crippen molar-refractivity contribution in [1.29, 1.82) is 0 Å². The van der Waals surface area contributed by atoms with Gasteiger partial charge in [0.2, 0.25) is 11.8 Å². The van der Waals surface area contributed by atoms with Crippen molar-refractivity contribution in [3.63, 3.8) is 0 Å². The van der Waals surface area contributed by atoms with Crippen molar-refractivity contribution in [2.75, 3.05) is 16.8 Å². The molecule has 4 rings (SSSR count). The van der Waals surface area contributed by atoms with Gasteiger partial charge in [0.15, 0.2) is 5.16 Å². The molecule has 1 atom stereocenters. The van der Waals surface area contributed by atoms with Gasteiger partial charge in [0.25, 0.3) is 0 Å². The molecule has 2 heterocycles. The number of thioether (sulfide) groups is 1. The van der Waals surface area contributed by atoms with Crippen molar-refractivity contribution in [2.45, 2.75) is 17.3 Å². The number of imidazole rings is 1. The van der Waals surface area contributed by atoms with Crippen molar-refractivity contribution in [2.24, 2.45) is 7.05 Å². The van der Waals surface area contributed by atoms with Gasteiger partial charge in [-0.15, -0.1) is 0 Å². The summed E-state index contributed by atoms with van der Waals surface area (Å²) in [5.41, 5.74) is 3.32. The molecule has 0 unspecified atom stereocenters. The van der Waals surface area contributed by atoms with Crippen LogP contribution in [0.4, 0.5) is 11.4 Å². The van der Waals surface area contributed by atoms with Gasteiger partial charge in [0, 0.05) is 7.05 Å². The molecule has 1 aliphatic rings. The lowest BCUT2D eigenvalue weighted by molar-refractivity contribution is -0.121. The van der Waals surface area contributed by atoms with E-state index in [1.807, 2.05) is 61.0 Å². The minimum atomic E-state index is -0.371. The highest BCUT2D eigenvalue weighted by molar-refractivity contribution is 8.00. The summed E-state index contributed by atoms with van der Waals surface area (Å²) in [6.07, 6.45) is 0. The maximum absolute atomic E-state index is 13.0. The fourth-order valence-corrected chi connectivity index (χ4v) is 4.04. The second-order valence-electron chi connectivity index (χ2n) is 6.19. The lowest BCUT2D eigenvalue weighted by Gasteiger charge is -2.30. The van der Waals surface area contributed by atoms with Crippen LogP contribution in [0.25, 0.3) is 11.0 Å². The van der Waals surface area contributed by atoms with Gasteiger partial charge in [0.05, 0.1) is 27.7 Å². The van der Waals surface area contributed by atoms with Crippen molar-refractivity contribution >= 4 is 46.0 Å². The smallest absolute Gasteiger partial charge is 0.244 e. The first kappa shape index (κ1) is 16.7. The average molecular weight is 366 g/mol. The summed E-state index contributed by atoms with van der Waals surface area (Å²) in [6, 6.07) is 15.2. The van der Waals surface area contributed by atoms with E-state index >= 15 is 0 Å². The molecule has 0 fully saturated rings. The zero-order chi connectivity index (χ0) is 18.3. The third kappa shape index (κ3) is 2.84. The zero-order valence-corrected chi connectivity index (χ0v) is 15.3. The fraction of sp³-hybridized carbons (Fsp3) is 0.211. The van der Waals surface area contributed by atoms with E-state index < -0.39 is 0 Å². The average Bonchev–Trinajstić information content (AvgIpc) is 2.96. The number of nitrogens with one attached hydrogen (secondary N) is 1. The summed E-state index contributed by atoms with van der Waals surface area (Å²) < 4.78 is 1.99. The summed E-state index contributed by atoms with van der Waals surface area (Å²) in [5, 5.41) is 3.21. The molecule has 7 heteroatoms. The molecule has 0 spiro atoms. The molecule has 0 saturated carbocycles. The van der Waals surface area contributed by atoms with E-state index in [9.17, 15) is 9.59 Å². The first-order valence-corrected chi connectivity index (χ1v) is 9.21. The Balaban J connectivity index is 1.60. The van der Waals surface area contributed by atoms with Crippen LogP contribution < -0.4 is 10.2 Å². The third-order valence-corrected chi connectivity index (χ3v) is 5.54. The van der Waals surface area contributed by atoms with Crippen molar-refractivity contribution in [3.8, 4) is 0 Å². The first-order chi connectivity index (χ1) is 12.5. The molecule has 6 nitrogen and oxygen atoms in total. The van der Waals surface area contributed by atoms with Crippen LogP contribution in [-0.2, 0) is 16.6 Å². The molecular formula is C19H18N4O2S. The summed E-state index contributed by atoms with van der Waals surface area (Å²) >= 11 is 1.40. The SMILES string of the molecule is C[C@H](Sc1nc2ccccc2n1C)C(=O)N1CC(=O)Nc2ccccc21. The van der Waals surface area contributed by atoms with Crippen LogP contribution in [0.15, 0.2) is 53.7 Å². The van der Waals surface area contributed by atoms with Gasteiger partial charge in [-0.05, 0) is 31.2 Å². The Kier molecular flexibility index (Phi) is 4.16. The number of carbonyl (C=O) groups excluding carboxylic acids is 2. The highest BCUT2D eigenvalue weighted by Crippen LogP contribution is 2.32. The van der Waals surface area contributed by atoms with Crippen molar-refractivity contribution in [1.82, 2.24) is 9.55 Å². The fourth-order valence-electron chi connectivity index (χ4n) is 3.09. The Bertz CT molecular complexity index is 1010. The van der Waals surface area contributed by atoms with Gasteiger partial charge in [-0.2, -0.15) is 0 Å². The predicted octanol–water partition coefficient (Wildman–Crippen LogP) is 3.04. The normalized spacial score (nSPS) is 14.8. The number of rotatable bonds is 3. The highest BCUT2D eigenvalue weighted by atomic mass is 32.2. The Labute approximate surface area is 155 Å². The van der Waals surface area contributed by atoms with E-state index in [-0.39, 0.29) is 23.6 Å². The lowest BCUT2D eigenvalue weighted by atomic mass is 10.2. The largest absolute Gasteiger partial charge is 0.323 e. The Hall–Kier alpha value is -2.80. The number of para-hydroxylation sites is 4. The van der Waals surface area contributed by atoms with E-state index in [1.54, 1.807) is 11.0 Å². The number of hydrogen-bond acceptors (Lipinski definition) is 4. The summed E-state index contributed by atoms with van der Waals surface area (Å²) in [6.45, 7) is 1.88. The molecule has 0 radical (unpaired) electrons. The predicted molar refractivity (Wildman–Crippen MR) is 103 cm³/mol. The summed E-state index contributed by atoms with van der Waals surface area (Å²) in [5.74, 6) is -0.290. The third-order valence-electron chi connectivity index (χ3n) is 4.41. The molecule has 2 amide bonds. The van der Waals surface area contributed by atoms with Crippen LogP contribution in [0.5, 0.6) is 0 Å². The molecule has 132 valence electrons. The Morgan fingerprint density at radius 3 is 2.73 bits per heavy atom. The van der Waals surface area contributed by atoms with Crippen molar-refractivity contribution < 1.29 is 9.59 Å². The second-order valence-corrected chi connectivity index (χ2v) is 7.50. The zero-order valence-electron chi connectivity index (χ0n) is 14.5. The van der Waals surface area contributed by atoms with E-state index in [0.29, 0.717) is 5.69 Å². The maximum Gasteiger partial charge on any atom is 0.244 e. The van der Waals surface area contributed by atoms with Crippen LogP contribution in [0.3, 0.4) is 0 Å². The molecule has 1 N–H and O–H groups in total. The van der Waals surface area contributed by atoms with Gasteiger partial charge in [0.1, 0.15) is 6.54 Å². The first-order valence-electron chi connectivity index (χ1n) is 8.33. The molecule has 2 aromatic carbocycles. The van der Waals surface area contributed by atoms with Crippen LogP contribution >= 0.6 is 11.8 Å². The van der Waals surface area contributed by atoms with Crippen molar-refractivity contribution in [3.05, 3.63) is 48.5 Å². The van der Waals surface area contributed by atoms with Gasteiger partial charge in [-0.3, -0.25) is 14.5 Å². The van der Waals surface area contributed by atoms with E-state index in [0.717, 1.165) is 21.9 Å². The number of hydrogen-bond donors (Lipinski definition) is 1. The highest BCUT2D eigenvalue weighted by Gasteiger charge is 2.30. The molecule has 0 saturated heterocycles. The Morgan fingerprint density at radius 1 is 1.19 bits per heavy atom. The Morgan fingerprint density at radius 2 is 1.92 bits per heavy atom. The maximum atomic E-state index is 13.0. The summed E-state index contributed by atoms with van der Waals surface area (Å²) in [4.78, 5) is 31.2. The number of nitrogens with zero attached hydrogens (tertiary/aromatic N) is 3.